The number of para-hydroxylation sites is 3. The molecular formula is C57H47IrN5O3-2. The summed E-state index contributed by atoms with van der Waals surface area (Å²) in [5, 5.41) is 4.61. The molecule has 0 amide bonds. The van der Waals surface area contributed by atoms with Gasteiger partial charge < -0.3 is 17.8 Å². The van der Waals surface area contributed by atoms with Crippen molar-refractivity contribution < 1.29 is 37.5 Å². The number of hydrogen-bond donors (Lipinski definition) is 0. The second-order valence-corrected chi connectivity index (χ2v) is 18.2. The standard InChI is InChI=1S/C43H32N3O3.C14H15N2.Ir/c1-22(2)29-20-30-25-13-6-8-18-33(25)48-41(30)36(23(3)4)39(29)46-38-24(5)12-10-17-32(38)44-42(46)28-16-11-15-26-31-21-35-37(45-43(31)49-40(26)28)27-14-7-9-19-34(27)47-35;1-14(2,3)12-9-10-15-13(16-12)11-7-5-4-6-8-11;/h6-15,17-23H,1-5H3;4-7,9-10H,1-3H3;/q2*-1;/i5D3;;. The molecule has 6 heterocycles. The van der Waals surface area contributed by atoms with Crippen molar-refractivity contribution in [3.63, 3.8) is 0 Å². The molecule has 0 aliphatic rings. The van der Waals surface area contributed by atoms with Gasteiger partial charge in [0, 0.05) is 74.3 Å². The molecule has 0 unspecified atom stereocenters. The van der Waals surface area contributed by atoms with Gasteiger partial charge in [-0.25, -0.2) is 4.98 Å². The Kier molecular flexibility index (Phi) is 9.86. The zero-order chi connectivity index (χ0) is 47.2. The van der Waals surface area contributed by atoms with E-state index in [1.54, 1.807) is 12.1 Å². The summed E-state index contributed by atoms with van der Waals surface area (Å²) in [5.41, 5.74) is 11.6. The van der Waals surface area contributed by atoms with Gasteiger partial charge in [-0.2, -0.15) is 0 Å². The van der Waals surface area contributed by atoms with Crippen LogP contribution in [0, 0.1) is 19.0 Å². The van der Waals surface area contributed by atoms with Crippen molar-refractivity contribution in [2.75, 3.05) is 0 Å². The van der Waals surface area contributed by atoms with Crippen molar-refractivity contribution in [3.05, 3.63) is 162 Å². The van der Waals surface area contributed by atoms with Gasteiger partial charge in [0.25, 0.3) is 0 Å². The van der Waals surface area contributed by atoms with E-state index in [9.17, 15) is 0 Å². The third-order valence-electron chi connectivity index (χ3n) is 12.2. The van der Waals surface area contributed by atoms with Gasteiger partial charge in [0.2, 0.25) is 5.71 Å². The zero-order valence-corrected chi connectivity index (χ0v) is 40.0. The summed E-state index contributed by atoms with van der Waals surface area (Å²) in [6, 6.07) is 45.5. The van der Waals surface area contributed by atoms with E-state index in [-0.39, 0.29) is 42.9 Å². The van der Waals surface area contributed by atoms with Crippen molar-refractivity contribution in [2.24, 2.45) is 0 Å². The molecule has 6 aromatic heterocycles. The number of pyridine rings is 1. The third-order valence-corrected chi connectivity index (χ3v) is 12.2. The van der Waals surface area contributed by atoms with Crippen LogP contribution in [0.25, 0.3) is 106 Å². The summed E-state index contributed by atoms with van der Waals surface area (Å²) < 4.78 is 47.5. The van der Waals surface area contributed by atoms with Gasteiger partial charge in [0.05, 0.1) is 28.3 Å². The Hall–Kier alpha value is -6.93. The van der Waals surface area contributed by atoms with E-state index in [0.29, 0.717) is 39.3 Å². The van der Waals surface area contributed by atoms with Gasteiger partial charge in [-0.1, -0.05) is 102 Å². The second kappa shape index (κ2) is 16.5. The first kappa shape index (κ1) is 39.4. The van der Waals surface area contributed by atoms with E-state index in [0.717, 1.165) is 83.1 Å². The van der Waals surface area contributed by atoms with E-state index in [2.05, 4.69) is 82.7 Å². The first-order chi connectivity index (χ1) is 32.7. The van der Waals surface area contributed by atoms with Gasteiger partial charge in [-0.3, -0.25) is 15.0 Å². The topological polar surface area (TPSA) is 95.9 Å². The maximum Gasteiger partial charge on any atom is 0.216 e. The van der Waals surface area contributed by atoms with Crippen LogP contribution in [-0.2, 0) is 25.5 Å². The molecular weight excluding hydrogens is 995 g/mol. The Labute approximate surface area is 400 Å². The van der Waals surface area contributed by atoms with E-state index in [1.165, 1.54) is 0 Å². The summed E-state index contributed by atoms with van der Waals surface area (Å²) in [6.45, 7) is 12.7. The summed E-state index contributed by atoms with van der Waals surface area (Å²) in [6.07, 6.45) is 1.81. The fourth-order valence-corrected chi connectivity index (χ4v) is 9.03. The number of aromatic nitrogens is 5. The summed E-state index contributed by atoms with van der Waals surface area (Å²) in [4.78, 5) is 19.0. The number of aryl methyl sites for hydroxylation is 1. The predicted octanol–water partition coefficient (Wildman–Crippen LogP) is 15.4. The fraction of sp³-hybridized carbons (Fsp3) is 0.193. The minimum Gasteiger partial charge on any atom is -0.486 e. The predicted molar refractivity (Wildman–Crippen MR) is 263 cm³/mol. The number of imidazole rings is 1. The SMILES string of the molecule is CC(C)(C)c1ccnc(-c2[c-]cccc2)n1.[2H]C([2H])([2H])c1cccc2nc(-c3[c-]ccc4c3oc3nc5c(cc34)oc3ccccc35)n(-c3c(C(C)C)cc4c(oc5ccccc54)c3C(C)C)c12.[Ir]. The molecule has 0 bridgehead atoms. The maximum absolute atomic E-state index is 8.66. The van der Waals surface area contributed by atoms with E-state index in [1.807, 2.05) is 108 Å². The van der Waals surface area contributed by atoms with Crippen LogP contribution in [-0.4, -0.2) is 24.5 Å². The van der Waals surface area contributed by atoms with Crippen LogP contribution in [0.4, 0.5) is 0 Å². The third kappa shape index (κ3) is 7.09. The van der Waals surface area contributed by atoms with Crippen molar-refractivity contribution in [1.29, 1.82) is 0 Å². The van der Waals surface area contributed by atoms with Crippen molar-refractivity contribution in [1.82, 2.24) is 24.5 Å². The van der Waals surface area contributed by atoms with Crippen molar-refractivity contribution >= 4 is 77.1 Å². The Morgan fingerprint density at radius 1 is 0.652 bits per heavy atom. The molecule has 0 fully saturated rings. The molecule has 12 rings (SSSR count). The Morgan fingerprint density at radius 2 is 1.42 bits per heavy atom. The molecule has 0 saturated carbocycles. The van der Waals surface area contributed by atoms with Crippen LogP contribution in [0.15, 0.2) is 141 Å². The molecule has 0 atom stereocenters. The minimum atomic E-state index is -2.41. The maximum atomic E-state index is 8.66. The Morgan fingerprint density at radius 3 is 2.17 bits per heavy atom. The van der Waals surface area contributed by atoms with Crippen LogP contribution in [0.5, 0.6) is 0 Å². The number of benzene rings is 6. The van der Waals surface area contributed by atoms with Crippen LogP contribution < -0.4 is 0 Å². The van der Waals surface area contributed by atoms with Gasteiger partial charge in [-0.15, -0.1) is 54.1 Å². The quantitative estimate of drug-likeness (QED) is 0.158. The molecule has 0 saturated heterocycles. The molecule has 6 aromatic carbocycles. The molecule has 0 aliphatic carbocycles. The molecule has 66 heavy (non-hydrogen) atoms. The molecule has 9 heteroatoms. The van der Waals surface area contributed by atoms with Crippen LogP contribution in [0.3, 0.4) is 0 Å². The number of nitrogens with zero attached hydrogens (tertiary/aromatic N) is 5. The average Bonchev–Trinajstić information content (AvgIpc) is 4.09. The van der Waals surface area contributed by atoms with Crippen LogP contribution in [0.2, 0.25) is 0 Å². The summed E-state index contributed by atoms with van der Waals surface area (Å²) >= 11 is 0. The molecule has 0 spiro atoms. The second-order valence-electron chi connectivity index (χ2n) is 18.2. The molecule has 1 radical (unpaired) electrons. The summed E-state index contributed by atoms with van der Waals surface area (Å²) in [5.74, 6) is 1.33. The molecule has 8 nitrogen and oxygen atoms in total. The number of rotatable bonds is 5. The Bertz CT molecular complexity index is 3910. The average molecular weight is 1050 g/mol. The largest absolute Gasteiger partial charge is 0.486 e. The van der Waals surface area contributed by atoms with Crippen LogP contribution in [0.1, 0.15) is 86.8 Å². The van der Waals surface area contributed by atoms with E-state index >= 15 is 0 Å². The monoisotopic (exact) mass is 1050 g/mol. The first-order valence-electron chi connectivity index (χ1n) is 23.5. The smallest absolute Gasteiger partial charge is 0.216 e. The minimum absolute atomic E-state index is 0. The zero-order valence-electron chi connectivity index (χ0n) is 40.6. The van der Waals surface area contributed by atoms with Gasteiger partial charge >= 0.3 is 0 Å². The van der Waals surface area contributed by atoms with E-state index in [4.69, 9.17) is 27.3 Å². The van der Waals surface area contributed by atoms with Gasteiger partial charge in [0.15, 0.2) is 5.58 Å². The molecule has 0 N–H and O–H groups in total. The Balaban J connectivity index is 0.000000277. The number of hydrogen-bond acceptors (Lipinski definition) is 7. The molecule has 0 aliphatic heterocycles. The number of furan rings is 3. The number of fused-ring (bicyclic) bond motifs is 10. The van der Waals surface area contributed by atoms with Gasteiger partial charge in [-0.05, 0) is 72.3 Å². The first-order valence-corrected chi connectivity index (χ1v) is 22.0. The van der Waals surface area contributed by atoms with E-state index < -0.39 is 6.85 Å². The van der Waals surface area contributed by atoms with Crippen LogP contribution >= 0.6 is 0 Å². The molecule has 329 valence electrons. The summed E-state index contributed by atoms with van der Waals surface area (Å²) in [7, 11) is 0. The normalized spacial score (nSPS) is 13.0. The fourth-order valence-electron chi connectivity index (χ4n) is 9.03. The van der Waals surface area contributed by atoms with Gasteiger partial charge in [0.1, 0.15) is 22.3 Å². The van der Waals surface area contributed by atoms with Crippen molar-refractivity contribution in [3.8, 4) is 28.5 Å². The molecule has 12 aromatic rings. The van der Waals surface area contributed by atoms with Crippen molar-refractivity contribution in [2.45, 2.75) is 72.6 Å².